The average Bonchev–Trinajstić information content (AvgIpc) is 2.55. The van der Waals surface area contributed by atoms with Gasteiger partial charge in [0, 0.05) is 18.8 Å². The van der Waals surface area contributed by atoms with Gasteiger partial charge in [0.15, 0.2) is 0 Å². The molecule has 0 fully saturated rings. The summed E-state index contributed by atoms with van der Waals surface area (Å²) in [6, 6.07) is 13.3. The lowest BCUT2D eigenvalue weighted by atomic mass is 10.1. The van der Waals surface area contributed by atoms with Crippen LogP contribution < -0.4 is 0 Å². The lowest BCUT2D eigenvalue weighted by molar-refractivity contribution is -0.128. The lowest BCUT2D eigenvalue weighted by Gasteiger charge is -2.20. The molecule has 1 amide bonds. The van der Waals surface area contributed by atoms with E-state index >= 15 is 0 Å². The second-order valence-electron chi connectivity index (χ2n) is 4.64. The summed E-state index contributed by atoms with van der Waals surface area (Å²) >= 11 is 1.35. The molecule has 0 bridgehead atoms. The van der Waals surface area contributed by atoms with Crippen LogP contribution in [0.1, 0.15) is 24.5 Å². The van der Waals surface area contributed by atoms with Gasteiger partial charge in [-0.3, -0.25) is 4.79 Å². The highest BCUT2D eigenvalue weighted by Crippen LogP contribution is 2.18. The minimum Gasteiger partial charge on any atom is -0.388 e. The molecule has 0 saturated heterocycles. The number of rotatable bonds is 9. The molecule has 0 spiro atoms. The molecule has 1 aromatic carbocycles. The van der Waals surface area contributed by atoms with Gasteiger partial charge in [0.2, 0.25) is 5.91 Å². The number of nitriles is 2. The smallest absolute Gasteiger partial charge is 0.232 e. The molecule has 6 heteroatoms. The van der Waals surface area contributed by atoms with Crippen molar-refractivity contribution in [3.63, 3.8) is 0 Å². The van der Waals surface area contributed by atoms with E-state index in [9.17, 15) is 9.90 Å². The maximum Gasteiger partial charge on any atom is 0.232 e. The highest BCUT2D eigenvalue weighted by atomic mass is 32.2. The van der Waals surface area contributed by atoms with E-state index in [4.69, 9.17) is 10.5 Å². The standard InChI is InChI=1S/C16H19N3O2S/c17-8-4-10-19(11-5-9-18)16(21)13-22-12-15(20)14-6-2-1-3-7-14/h1-3,6-7,15,20H,4-5,10-13H2/t15-/m1/s1. The third-order valence-electron chi connectivity index (χ3n) is 3.03. The maximum absolute atomic E-state index is 12.1. The monoisotopic (exact) mass is 317 g/mol. The fourth-order valence-corrected chi connectivity index (χ4v) is 2.74. The minimum absolute atomic E-state index is 0.101. The van der Waals surface area contributed by atoms with Gasteiger partial charge in [0.1, 0.15) is 0 Å². The fourth-order valence-electron chi connectivity index (χ4n) is 1.85. The van der Waals surface area contributed by atoms with Crippen molar-refractivity contribution in [1.29, 1.82) is 10.5 Å². The first-order valence-electron chi connectivity index (χ1n) is 7.01. The highest BCUT2D eigenvalue weighted by molar-refractivity contribution is 7.99. The predicted octanol–water partition coefficient (Wildman–Crippen LogP) is 2.11. The second-order valence-corrected chi connectivity index (χ2v) is 5.67. The first kappa shape index (κ1) is 18.0. The Morgan fingerprint density at radius 3 is 2.32 bits per heavy atom. The van der Waals surface area contributed by atoms with Crippen molar-refractivity contribution in [2.24, 2.45) is 0 Å². The molecule has 1 atom stereocenters. The SMILES string of the molecule is N#CCCN(CCC#N)C(=O)CSC[C@@H](O)c1ccccc1. The van der Waals surface area contributed by atoms with Gasteiger partial charge in [0.05, 0.1) is 36.8 Å². The van der Waals surface area contributed by atoms with Crippen LogP contribution in [0.25, 0.3) is 0 Å². The number of carbonyl (C=O) groups is 1. The largest absolute Gasteiger partial charge is 0.388 e. The Kier molecular flexibility index (Phi) is 8.74. The van der Waals surface area contributed by atoms with E-state index in [1.807, 2.05) is 42.5 Å². The van der Waals surface area contributed by atoms with Crippen LogP contribution in [-0.2, 0) is 4.79 Å². The zero-order valence-electron chi connectivity index (χ0n) is 12.3. The fraction of sp³-hybridized carbons (Fsp3) is 0.438. The van der Waals surface area contributed by atoms with Gasteiger partial charge in [-0.25, -0.2) is 0 Å². The average molecular weight is 317 g/mol. The summed E-state index contributed by atoms with van der Waals surface area (Å²) in [5.41, 5.74) is 0.827. The van der Waals surface area contributed by atoms with E-state index in [0.29, 0.717) is 18.8 Å². The quantitative estimate of drug-likeness (QED) is 0.753. The van der Waals surface area contributed by atoms with Crippen molar-refractivity contribution in [3.05, 3.63) is 35.9 Å². The van der Waals surface area contributed by atoms with Crippen molar-refractivity contribution in [3.8, 4) is 12.1 Å². The topological polar surface area (TPSA) is 88.1 Å². The minimum atomic E-state index is -0.606. The van der Waals surface area contributed by atoms with Crippen LogP contribution in [0, 0.1) is 22.7 Å². The molecule has 0 aromatic heterocycles. The van der Waals surface area contributed by atoms with Gasteiger partial charge in [-0.2, -0.15) is 10.5 Å². The number of aliphatic hydroxyl groups is 1. The van der Waals surface area contributed by atoms with Crippen molar-refractivity contribution in [1.82, 2.24) is 4.90 Å². The van der Waals surface area contributed by atoms with E-state index in [-0.39, 0.29) is 24.5 Å². The van der Waals surface area contributed by atoms with Gasteiger partial charge in [-0.05, 0) is 5.56 Å². The van der Waals surface area contributed by atoms with Crippen LogP contribution in [0.15, 0.2) is 30.3 Å². The summed E-state index contributed by atoms with van der Waals surface area (Å²) in [7, 11) is 0. The van der Waals surface area contributed by atoms with E-state index < -0.39 is 6.10 Å². The molecule has 0 saturated carbocycles. The molecular formula is C16H19N3O2S. The Morgan fingerprint density at radius 1 is 1.18 bits per heavy atom. The molecule has 1 N–H and O–H groups in total. The van der Waals surface area contributed by atoms with Crippen LogP contribution in [0.4, 0.5) is 0 Å². The normalized spacial score (nSPS) is 11.2. The highest BCUT2D eigenvalue weighted by Gasteiger charge is 2.14. The second kappa shape index (κ2) is 10.7. The van der Waals surface area contributed by atoms with Crippen LogP contribution in [0.3, 0.4) is 0 Å². The molecule has 0 aliphatic rings. The van der Waals surface area contributed by atoms with E-state index in [0.717, 1.165) is 5.56 Å². The number of nitrogens with zero attached hydrogens (tertiary/aromatic N) is 3. The summed E-state index contributed by atoms with van der Waals surface area (Å²) in [5.74, 6) is 0.566. The number of amides is 1. The zero-order chi connectivity index (χ0) is 16.2. The zero-order valence-corrected chi connectivity index (χ0v) is 13.1. The molecule has 0 aliphatic heterocycles. The predicted molar refractivity (Wildman–Crippen MR) is 85.8 cm³/mol. The Hall–Kier alpha value is -2.02. The van der Waals surface area contributed by atoms with Crippen molar-refractivity contribution < 1.29 is 9.90 Å². The maximum atomic E-state index is 12.1. The van der Waals surface area contributed by atoms with Gasteiger partial charge < -0.3 is 10.0 Å². The number of benzene rings is 1. The Bertz CT molecular complexity index is 519. The molecule has 0 radical (unpaired) electrons. The number of hydrogen-bond acceptors (Lipinski definition) is 5. The molecule has 22 heavy (non-hydrogen) atoms. The van der Waals surface area contributed by atoms with E-state index in [2.05, 4.69) is 0 Å². The third kappa shape index (κ3) is 6.62. The molecule has 0 aliphatic carbocycles. The Morgan fingerprint density at radius 2 is 1.77 bits per heavy atom. The summed E-state index contributed by atoms with van der Waals surface area (Å²) in [4.78, 5) is 13.6. The molecule has 116 valence electrons. The van der Waals surface area contributed by atoms with Gasteiger partial charge >= 0.3 is 0 Å². The lowest BCUT2D eigenvalue weighted by Crippen LogP contribution is -2.34. The molecule has 1 rings (SSSR count). The molecule has 0 unspecified atom stereocenters. The number of carbonyl (C=O) groups excluding carboxylic acids is 1. The van der Waals surface area contributed by atoms with Gasteiger partial charge in [0.25, 0.3) is 0 Å². The van der Waals surface area contributed by atoms with Crippen molar-refractivity contribution >= 4 is 17.7 Å². The number of aliphatic hydroxyl groups excluding tert-OH is 1. The Labute approximate surface area is 135 Å². The van der Waals surface area contributed by atoms with Crippen LogP contribution >= 0.6 is 11.8 Å². The van der Waals surface area contributed by atoms with Crippen LogP contribution in [-0.4, -0.2) is 40.5 Å². The van der Waals surface area contributed by atoms with E-state index in [1.165, 1.54) is 16.7 Å². The van der Waals surface area contributed by atoms with Crippen molar-refractivity contribution in [2.45, 2.75) is 18.9 Å². The summed E-state index contributed by atoms with van der Waals surface area (Å²) in [5, 5.41) is 27.2. The van der Waals surface area contributed by atoms with Gasteiger partial charge in [-0.15, -0.1) is 11.8 Å². The number of hydrogen-bond donors (Lipinski definition) is 1. The first-order valence-corrected chi connectivity index (χ1v) is 8.17. The Balaban J connectivity index is 2.39. The number of thioether (sulfide) groups is 1. The van der Waals surface area contributed by atoms with Crippen molar-refractivity contribution in [2.75, 3.05) is 24.6 Å². The first-order chi connectivity index (χ1) is 10.7. The molecule has 0 heterocycles. The molecular weight excluding hydrogens is 298 g/mol. The third-order valence-corrected chi connectivity index (χ3v) is 4.03. The van der Waals surface area contributed by atoms with E-state index in [1.54, 1.807) is 0 Å². The molecule has 1 aromatic rings. The summed E-state index contributed by atoms with van der Waals surface area (Å²) in [6.07, 6.45) is -0.0890. The van der Waals surface area contributed by atoms with Crippen LogP contribution in [0.5, 0.6) is 0 Å². The summed E-state index contributed by atoms with van der Waals surface area (Å²) < 4.78 is 0. The molecule has 5 nitrogen and oxygen atoms in total. The van der Waals surface area contributed by atoms with Gasteiger partial charge in [-0.1, -0.05) is 30.3 Å². The summed E-state index contributed by atoms with van der Waals surface area (Å²) in [6.45, 7) is 0.692. The van der Waals surface area contributed by atoms with Crippen LogP contribution in [0.2, 0.25) is 0 Å².